The molecule has 0 saturated carbocycles. The number of aliphatic hydroxyl groups is 1. The Bertz CT molecular complexity index is 1060. The van der Waals surface area contributed by atoms with Crippen LogP contribution in [0.4, 0.5) is 8.78 Å². The van der Waals surface area contributed by atoms with Crippen LogP contribution in [0, 0.1) is 0 Å². The predicted octanol–water partition coefficient (Wildman–Crippen LogP) is 3.17. The topological polar surface area (TPSA) is 56.3 Å². The Labute approximate surface area is 205 Å². The van der Waals surface area contributed by atoms with Gasteiger partial charge in [-0.15, -0.1) is 0 Å². The normalized spacial score (nSPS) is 21.6. The zero-order chi connectivity index (χ0) is 24.4. The highest BCUT2D eigenvalue weighted by atomic mass is 19.3. The number of β-amino-alcohol motifs (C(OH)–C–C–N with tert-alkyl or cyclic N) is 1. The van der Waals surface area contributed by atoms with E-state index in [1.54, 1.807) is 21.9 Å². The standard InChI is InChI=1S/C27H33F2N3O3/c28-27(29)9-3-10-31(19-27)15-20-6-7-24-25(14-20)35-13-12-32(26(24)34)18-23(33)17-30-11-8-21-4-1-2-5-22(21)16-30/h1-2,4-7,14,23,33H,3,8-13,15-19H2/t23-/m1/s1. The van der Waals surface area contributed by atoms with E-state index in [9.17, 15) is 18.7 Å². The number of rotatable bonds is 6. The average molecular weight is 486 g/mol. The van der Waals surface area contributed by atoms with Gasteiger partial charge in [0.05, 0.1) is 24.8 Å². The quantitative estimate of drug-likeness (QED) is 0.681. The SMILES string of the molecule is O=C1c2ccc(CN3CCCC(F)(F)C3)cc2OCCN1C[C@H](O)CN1CCc2ccccc2C1. The summed E-state index contributed by atoms with van der Waals surface area (Å²) in [7, 11) is 0. The molecule has 0 bridgehead atoms. The summed E-state index contributed by atoms with van der Waals surface area (Å²) in [4.78, 5) is 18.9. The smallest absolute Gasteiger partial charge is 0.260 e. The van der Waals surface area contributed by atoms with Crippen molar-refractivity contribution in [3.63, 3.8) is 0 Å². The van der Waals surface area contributed by atoms with Crippen LogP contribution in [0.2, 0.25) is 0 Å². The van der Waals surface area contributed by atoms with Gasteiger partial charge in [-0.25, -0.2) is 8.78 Å². The molecule has 1 N–H and O–H groups in total. The Hall–Kier alpha value is -2.55. The summed E-state index contributed by atoms with van der Waals surface area (Å²) >= 11 is 0. The third kappa shape index (κ3) is 5.82. The molecule has 188 valence electrons. The summed E-state index contributed by atoms with van der Waals surface area (Å²) in [5, 5.41) is 10.8. The van der Waals surface area contributed by atoms with E-state index in [2.05, 4.69) is 23.1 Å². The first kappa shape index (κ1) is 24.2. The van der Waals surface area contributed by atoms with Gasteiger partial charge >= 0.3 is 0 Å². The fraction of sp³-hybridized carbons (Fsp3) is 0.519. The Morgan fingerprint density at radius 2 is 1.86 bits per heavy atom. The minimum absolute atomic E-state index is 0.0575. The van der Waals surface area contributed by atoms with Gasteiger partial charge in [0.2, 0.25) is 0 Å². The summed E-state index contributed by atoms with van der Waals surface area (Å²) in [6.07, 6.45) is 0.724. The summed E-state index contributed by atoms with van der Waals surface area (Å²) in [6, 6.07) is 13.7. The Morgan fingerprint density at radius 1 is 1.03 bits per heavy atom. The van der Waals surface area contributed by atoms with Crippen LogP contribution in [0.3, 0.4) is 0 Å². The van der Waals surface area contributed by atoms with Crippen molar-refractivity contribution in [2.24, 2.45) is 0 Å². The van der Waals surface area contributed by atoms with Crippen LogP contribution >= 0.6 is 0 Å². The van der Waals surface area contributed by atoms with Crippen LogP contribution < -0.4 is 4.74 Å². The molecule has 0 aromatic heterocycles. The first-order valence-electron chi connectivity index (χ1n) is 12.5. The number of hydrogen-bond donors (Lipinski definition) is 1. The molecule has 1 atom stereocenters. The maximum Gasteiger partial charge on any atom is 0.260 e. The van der Waals surface area contributed by atoms with Gasteiger partial charge < -0.3 is 14.7 Å². The van der Waals surface area contributed by atoms with E-state index in [-0.39, 0.29) is 25.4 Å². The van der Waals surface area contributed by atoms with Crippen LogP contribution in [-0.2, 0) is 19.5 Å². The molecule has 0 unspecified atom stereocenters. The summed E-state index contributed by atoms with van der Waals surface area (Å²) in [5.41, 5.74) is 3.97. The van der Waals surface area contributed by atoms with E-state index >= 15 is 0 Å². The van der Waals surface area contributed by atoms with Crippen LogP contribution in [0.15, 0.2) is 42.5 Å². The minimum Gasteiger partial charge on any atom is -0.491 e. The fourth-order valence-electron chi connectivity index (χ4n) is 5.43. The number of carbonyl (C=O) groups excluding carboxylic acids is 1. The van der Waals surface area contributed by atoms with Crippen molar-refractivity contribution in [1.82, 2.24) is 14.7 Å². The van der Waals surface area contributed by atoms with Crippen molar-refractivity contribution in [2.75, 3.05) is 45.9 Å². The van der Waals surface area contributed by atoms with E-state index < -0.39 is 12.0 Å². The second kappa shape index (κ2) is 10.2. The van der Waals surface area contributed by atoms with Gasteiger partial charge in [-0.3, -0.25) is 14.6 Å². The monoisotopic (exact) mass is 485 g/mol. The van der Waals surface area contributed by atoms with Crippen molar-refractivity contribution >= 4 is 5.91 Å². The average Bonchev–Trinajstić information content (AvgIpc) is 2.97. The van der Waals surface area contributed by atoms with Gasteiger partial charge in [0.15, 0.2) is 0 Å². The lowest BCUT2D eigenvalue weighted by Gasteiger charge is -2.32. The molecule has 0 radical (unpaired) electrons. The molecule has 6 nitrogen and oxygen atoms in total. The van der Waals surface area contributed by atoms with Crippen molar-refractivity contribution in [3.8, 4) is 5.75 Å². The second-order valence-corrected chi connectivity index (χ2v) is 10.0. The molecule has 5 rings (SSSR count). The molecular formula is C27H33F2N3O3. The highest BCUT2D eigenvalue weighted by Gasteiger charge is 2.35. The number of nitrogens with zero attached hydrogens (tertiary/aromatic N) is 3. The van der Waals surface area contributed by atoms with E-state index in [1.807, 2.05) is 12.1 Å². The lowest BCUT2D eigenvalue weighted by molar-refractivity contribution is -0.0661. The van der Waals surface area contributed by atoms with Crippen molar-refractivity contribution < 1.29 is 23.4 Å². The molecule has 3 aliphatic rings. The predicted molar refractivity (Wildman–Crippen MR) is 129 cm³/mol. The van der Waals surface area contributed by atoms with Gasteiger partial charge in [0.1, 0.15) is 12.4 Å². The molecule has 8 heteroatoms. The Morgan fingerprint density at radius 3 is 2.69 bits per heavy atom. The summed E-state index contributed by atoms with van der Waals surface area (Å²) in [5.74, 6) is -2.33. The third-order valence-electron chi connectivity index (χ3n) is 7.17. The lowest BCUT2D eigenvalue weighted by Crippen LogP contribution is -2.44. The van der Waals surface area contributed by atoms with Crippen LogP contribution in [0.1, 0.15) is 39.9 Å². The number of carbonyl (C=O) groups is 1. The lowest BCUT2D eigenvalue weighted by atomic mass is 10.00. The van der Waals surface area contributed by atoms with E-state index in [4.69, 9.17) is 4.74 Å². The van der Waals surface area contributed by atoms with Gasteiger partial charge in [0, 0.05) is 39.1 Å². The molecule has 2 aromatic rings. The minimum atomic E-state index is -2.64. The number of ether oxygens (including phenoxy) is 1. The second-order valence-electron chi connectivity index (χ2n) is 10.0. The van der Waals surface area contributed by atoms with Crippen LogP contribution in [-0.4, -0.2) is 83.6 Å². The van der Waals surface area contributed by atoms with E-state index in [0.29, 0.717) is 50.5 Å². The number of fused-ring (bicyclic) bond motifs is 2. The molecular weight excluding hydrogens is 452 g/mol. The molecule has 0 aliphatic carbocycles. The van der Waals surface area contributed by atoms with Gasteiger partial charge in [-0.1, -0.05) is 30.3 Å². The van der Waals surface area contributed by atoms with E-state index in [0.717, 1.165) is 25.1 Å². The van der Waals surface area contributed by atoms with Gasteiger partial charge in [-0.05, 0) is 48.2 Å². The van der Waals surface area contributed by atoms with Gasteiger partial charge in [0.25, 0.3) is 11.8 Å². The Balaban J connectivity index is 1.19. The molecule has 35 heavy (non-hydrogen) atoms. The van der Waals surface area contributed by atoms with Crippen molar-refractivity contribution in [1.29, 1.82) is 0 Å². The zero-order valence-corrected chi connectivity index (χ0v) is 20.0. The highest BCUT2D eigenvalue weighted by Crippen LogP contribution is 2.30. The van der Waals surface area contributed by atoms with Crippen LogP contribution in [0.5, 0.6) is 5.75 Å². The largest absolute Gasteiger partial charge is 0.491 e. The number of aliphatic hydroxyl groups excluding tert-OH is 1. The first-order chi connectivity index (χ1) is 16.9. The number of alkyl halides is 2. The van der Waals surface area contributed by atoms with Gasteiger partial charge in [-0.2, -0.15) is 0 Å². The fourth-order valence-corrected chi connectivity index (χ4v) is 5.43. The van der Waals surface area contributed by atoms with Crippen molar-refractivity contribution in [3.05, 3.63) is 64.7 Å². The number of halogens is 2. The highest BCUT2D eigenvalue weighted by molar-refractivity contribution is 5.97. The van der Waals surface area contributed by atoms with Crippen LogP contribution in [0.25, 0.3) is 0 Å². The molecule has 3 heterocycles. The van der Waals surface area contributed by atoms with Crippen molar-refractivity contribution in [2.45, 2.75) is 44.4 Å². The number of likely N-dealkylation sites (tertiary alicyclic amines) is 1. The molecule has 1 fully saturated rings. The number of benzene rings is 2. The molecule has 1 saturated heterocycles. The molecule has 3 aliphatic heterocycles. The summed E-state index contributed by atoms with van der Waals surface area (Å²) < 4.78 is 33.4. The zero-order valence-electron chi connectivity index (χ0n) is 20.0. The maximum atomic E-state index is 13.8. The molecule has 0 spiro atoms. The van der Waals surface area contributed by atoms with E-state index in [1.165, 1.54) is 11.1 Å². The molecule has 1 amide bonds. The number of amides is 1. The Kier molecular flexibility index (Phi) is 7.05. The number of hydrogen-bond acceptors (Lipinski definition) is 5. The first-order valence-corrected chi connectivity index (χ1v) is 12.5. The number of piperidine rings is 1. The maximum absolute atomic E-state index is 13.8. The summed E-state index contributed by atoms with van der Waals surface area (Å²) in [6.45, 7) is 3.96. The molecule has 2 aromatic carbocycles. The third-order valence-corrected chi connectivity index (χ3v) is 7.17.